The van der Waals surface area contributed by atoms with Gasteiger partial charge < -0.3 is 15.5 Å². The van der Waals surface area contributed by atoms with Gasteiger partial charge in [0.05, 0.1) is 0 Å². The molecule has 0 saturated heterocycles. The van der Waals surface area contributed by atoms with Crippen molar-refractivity contribution in [3.05, 3.63) is 0 Å². The number of hydrogen-bond donors (Lipinski definition) is 3. The van der Waals surface area contributed by atoms with E-state index in [4.69, 9.17) is 10.2 Å². The summed E-state index contributed by atoms with van der Waals surface area (Å²) >= 11 is 0. The second-order valence-corrected chi connectivity index (χ2v) is 5.81. The topological polar surface area (TPSA) is 104 Å². The van der Waals surface area contributed by atoms with Crippen LogP contribution in [0.25, 0.3) is 0 Å². The quantitative estimate of drug-likeness (QED) is 0.596. The highest BCUT2D eigenvalue weighted by Gasteiger charge is 2.22. The molecule has 0 radical (unpaired) electrons. The molecule has 1 atom stereocenters. The predicted octanol–water partition coefficient (Wildman–Crippen LogP) is 2.17. The van der Waals surface area contributed by atoms with Gasteiger partial charge in [-0.25, -0.2) is 4.79 Å². The Labute approximate surface area is 124 Å². The van der Waals surface area contributed by atoms with Crippen molar-refractivity contribution >= 4 is 17.8 Å². The highest BCUT2D eigenvalue weighted by Crippen LogP contribution is 2.25. The van der Waals surface area contributed by atoms with E-state index >= 15 is 0 Å². The lowest BCUT2D eigenvalue weighted by atomic mass is 9.96. The minimum Gasteiger partial charge on any atom is -0.481 e. The van der Waals surface area contributed by atoms with E-state index in [1.807, 2.05) is 0 Å². The van der Waals surface area contributed by atoms with Crippen LogP contribution in [-0.4, -0.2) is 34.1 Å². The largest absolute Gasteiger partial charge is 0.481 e. The monoisotopic (exact) mass is 299 g/mol. The third kappa shape index (κ3) is 7.68. The minimum absolute atomic E-state index is 0.0811. The van der Waals surface area contributed by atoms with Crippen LogP contribution in [0.1, 0.15) is 64.2 Å². The van der Waals surface area contributed by atoms with Crippen LogP contribution >= 0.6 is 0 Å². The van der Waals surface area contributed by atoms with Gasteiger partial charge in [0.25, 0.3) is 0 Å². The van der Waals surface area contributed by atoms with Crippen molar-refractivity contribution in [1.82, 2.24) is 5.32 Å². The Bertz CT molecular complexity index is 361. The summed E-state index contributed by atoms with van der Waals surface area (Å²) in [6, 6.07) is -0.984. The number of carbonyl (C=O) groups excluding carboxylic acids is 1. The van der Waals surface area contributed by atoms with Crippen molar-refractivity contribution in [2.75, 3.05) is 0 Å². The number of hydrogen-bond acceptors (Lipinski definition) is 3. The van der Waals surface area contributed by atoms with Crippen molar-refractivity contribution in [3.8, 4) is 0 Å². The second-order valence-electron chi connectivity index (χ2n) is 5.81. The van der Waals surface area contributed by atoms with Gasteiger partial charge in [0.1, 0.15) is 6.04 Å². The summed E-state index contributed by atoms with van der Waals surface area (Å²) in [5, 5.41) is 20.2. The second kappa shape index (κ2) is 9.37. The third-order valence-electron chi connectivity index (χ3n) is 3.97. The van der Waals surface area contributed by atoms with Gasteiger partial charge >= 0.3 is 11.9 Å². The molecule has 1 fully saturated rings. The summed E-state index contributed by atoms with van der Waals surface area (Å²) in [6.45, 7) is 0. The average Bonchev–Trinajstić information content (AvgIpc) is 2.65. The number of amides is 1. The van der Waals surface area contributed by atoms with Crippen LogP contribution in [0.15, 0.2) is 0 Å². The Kier molecular flexibility index (Phi) is 7.79. The molecule has 1 aliphatic carbocycles. The summed E-state index contributed by atoms with van der Waals surface area (Å²) in [6.07, 6.45) is 7.46. The van der Waals surface area contributed by atoms with Crippen LogP contribution in [0.3, 0.4) is 0 Å². The van der Waals surface area contributed by atoms with Gasteiger partial charge in [0.15, 0.2) is 0 Å². The molecule has 0 spiro atoms. The zero-order chi connectivity index (χ0) is 15.7. The molecule has 120 valence electrons. The van der Waals surface area contributed by atoms with Gasteiger partial charge in [-0.1, -0.05) is 25.7 Å². The summed E-state index contributed by atoms with van der Waals surface area (Å²) in [5.74, 6) is -1.94. The van der Waals surface area contributed by atoms with E-state index in [0.29, 0.717) is 12.3 Å². The SMILES string of the molecule is O=C(O)CCC[C@@H](NC(=O)CC1CCCCCC1)C(=O)O. The fourth-order valence-corrected chi connectivity index (χ4v) is 2.80. The van der Waals surface area contributed by atoms with Crippen LogP contribution in [0.5, 0.6) is 0 Å². The Morgan fingerprint density at radius 3 is 2.19 bits per heavy atom. The molecule has 0 aromatic carbocycles. The fraction of sp³-hybridized carbons (Fsp3) is 0.800. The Morgan fingerprint density at radius 2 is 1.67 bits per heavy atom. The molecule has 0 aromatic heterocycles. The molecule has 0 aliphatic heterocycles. The van der Waals surface area contributed by atoms with Gasteiger partial charge in [-0.2, -0.15) is 0 Å². The van der Waals surface area contributed by atoms with E-state index in [9.17, 15) is 14.4 Å². The molecule has 0 unspecified atom stereocenters. The number of nitrogens with one attached hydrogen (secondary N) is 1. The van der Waals surface area contributed by atoms with Gasteiger partial charge in [0.2, 0.25) is 5.91 Å². The van der Waals surface area contributed by atoms with E-state index in [2.05, 4.69) is 5.32 Å². The number of carbonyl (C=O) groups is 3. The summed E-state index contributed by atoms with van der Waals surface area (Å²) in [4.78, 5) is 33.5. The zero-order valence-corrected chi connectivity index (χ0v) is 12.3. The normalized spacial score (nSPS) is 17.7. The molecule has 1 aliphatic rings. The molecule has 21 heavy (non-hydrogen) atoms. The van der Waals surface area contributed by atoms with E-state index in [1.54, 1.807) is 0 Å². The molecule has 3 N–H and O–H groups in total. The van der Waals surface area contributed by atoms with Crippen LogP contribution in [0, 0.1) is 5.92 Å². The summed E-state index contributed by atoms with van der Waals surface area (Å²) in [7, 11) is 0. The molecule has 6 heteroatoms. The molecular formula is C15H25NO5. The lowest BCUT2D eigenvalue weighted by Crippen LogP contribution is -2.41. The van der Waals surface area contributed by atoms with E-state index < -0.39 is 18.0 Å². The van der Waals surface area contributed by atoms with Gasteiger partial charge in [-0.15, -0.1) is 0 Å². The van der Waals surface area contributed by atoms with E-state index in [1.165, 1.54) is 12.8 Å². The van der Waals surface area contributed by atoms with Crippen molar-refractivity contribution in [2.45, 2.75) is 70.3 Å². The summed E-state index contributed by atoms with van der Waals surface area (Å²) in [5.41, 5.74) is 0. The highest BCUT2D eigenvalue weighted by atomic mass is 16.4. The van der Waals surface area contributed by atoms with Crippen molar-refractivity contribution in [2.24, 2.45) is 5.92 Å². The lowest BCUT2D eigenvalue weighted by Gasteiger charge is -2.17. The average molecular weight is 299 g/mol. The maximum atomic E-state index is 11.9. The standard InChI is InChI=1S/C15H25NO5/c17-13(10-11-6-3-1-2-4-7-11)16-12(15(20)21)8-5-9-14(18)19/h11-12H,1-10H2,(H,16,17)(H,18,19)(H,20,21)/t12-/m1/s1. The van der Waals surface area contributed by atoms with Crippen LogP contribution in [-0.2, 0) is 14.4 Å². The molecule has 1 saturated carbocycles. The Morgan fingerprint density at radius 1 is 1.05 bits per heavy atom. The first-order valence-electron chi connectivity index (χ1n) is 7.73. The highest BCUT2D eigenvalue weighted by molar-refractivity contribution is 5.83. The first-order valence-corrected chi connectivity index (χ1v) is 7.73. The number of carboxylic acids is 2. The number of aliphatic carboxylic acids is 2. The van der Waals surface area contributed by atoms with Crippen molar-refractivity contribution in [1.29, 1.82) is 0 Å². The zero-order valence-electron chi connectivity index (χ0n) is 12.3. The maximum absolute atomic E-state index is 11.9. The predicted molar refractivity (Wildman–Crippen MR) is 76.9 cm³/mol. The Balaban J connectivity index is 2.36. The molecule has 0 heterocycles. The third-order valence-corrected chi connectivity index (χ3v) is 3.97. The van der Waals surface area contributed by atoms with E-state index in [-0.39, 0.29) is 25.2 Å². The molecule has 1 rings (SSSR count). The number of carboxylic acid groups (broad SMARTS) is 2. The van der Waals surface area contributed by atoms with Crippen LogP contribution in [0.4, 0.5) is 0 Å². The molecular weight excluding hydrogens is 274 g/mol. The van der Waals surface area contributed by atoms with Crippen molar-refractivity contribution in [3.63, 3.8) is 0 Å². The van der Waals surface area contributed by atoms with Crippen molar-refractivity contribution < 1.29 is 24.6 Å². The first-order chi connectivity index (χ1) is 9.99. The molecule has 0 bridgehead atoms. The Hall–Kier alpha value is -1.59. The smallest absolute Gasteiger partial charge is 0.326 e. The molecule has 0 aromatic rings. The fourth-order valence-electron chi connectivity index (χ4n) is 2.80. The maximum Gasteiger partial charge on any atom is 0.326 e. The van der Waals surface area contributed by atoms with Gasteiger partial charge in [0, 0.05) is 12.8 Å². The van der Waals surface area contributed by atoms with E-state index in [0.717, 1.165) is 25.7 Å². The molecule has 6 nitrogen and oxygen atoms in total. The van der Waals surface area contributed by atoms with Crippen LogP contribution < -0.4 is 5.32 Å². The van der Waals surface area contributed by atoms with Gasteiger partial charge in [-0.05, 0) is 31.6 Å². The molecule has 1 amide bonds. The lowest BCUT2D eigenvalue weighted by molar-refractivity contribution is -0.142. The van der Waals surface area contributed by atoms with Crippen LogP contribution in [0.2, 0.25) is 0 Å². The summed E-state index contributed by atoms with van der Waals surface area (Å²) < 4.78 is 0. The van der Waals surface area contributed by atoms with Gasteiger partial charge in [-0.3, -0.25) is 9.59 Å². The minimum atomic E-state index is -1.10. The number of rotatable bonds is 8. The first kappa shape index (κ1) is 17.5.